The average Bonchev–Trinajstić information content (AvgIpc) is 2.88. The first-order chi connectivity index (χ1) is 20.8. The number of rotatable bonds is 11. The van der Waals surface area contributed by atoms with Crippen LogP contribution >= 0.6 is 11.6 Å². The second-order valence-electron chi connectivity index (χ2n) is 11.8. The lowest BCUT2D eigenvalue weighted by molar-refractivity contribution is -0.137. The number of halogens is 3. The number of hydrogen-bond donors (Lipinski definition) is 3. The summed E-state index contributed by atoms with van der Waals surface area (Å²) in [5.74, 6) is -5.52. The molecule has 0 spiro atoms. The summed E-state index contributed by atoms with van der Waals surface area (Å²) in [5.41, 5.74) is 1.32. The van der Waals surface area contributed by atoms with Crippen molar-refractivity contribution < 1.29 is 28.3 Å². The monoisotopic (exact) mass is 627 g/mol. The van der Waals surface area contributed by atoms with E-state index in [2.05, 4.69) is 10.6 Å². The fourth-order valence-corrected chi connectivity index (χ4v) is 5.96. The summed E-state index contributed by atoms with van der Waals surface area (Å²) in [6, 6.07) is 6.03. The van der Waals surface area contributed by atoms with E-state index in [0.717, 1.165) is 25.3 Å². The Morgan fingerprint density at radius 2 is 1.73 bits per heavy atom. The van der Waals surface area contributed by atoms with Crippen LogP contribution in [0.1, 0.15) is 85.1 Å². The van der Waals surface area contributed by atoms with Gasteiger partial charge in [0.2, 0.25) is 5.91 Å². The van der Waals surface area contributed by atoms with Crippen LogP contribution in [-0.4, -0.2) is 33.5 Å². The molecular formula is C33H36ClF2N3O5. The molecule has 4 rings (SSSR count). The summed E-state index contributed by atoms with van der Waals surface area (Å²) in [5, 5.41) is 15.2. The molecule has 0 unspecified atom stereocenters. The Morgan fingerprint density at radius 3 is 2.30 bits per heavy atom. The number of carbonyl (C=O) groups is 3. The molecule has 44 heavy (non-hydrogen) atoms. The smallest absolute Gasteiger partial charge is 0.305 e. The van der Waals surface area contributed by atoms with Crippen LogP contribution in [0.4, 0.5) is 8.78 Å². The van der Waals surface area contributed by atoms with E-state index in [1.54, 1.807) is 38.2 Å². The van der Waals surface area contributed by atoms with Crippen LogP contribution in [0, 0.1) is 31.4 Å². The third kappa shape index (κ3) is 7.35. The summed E-state index contributed by atoms with van der Waals surface area (Å²) in [6.45, 7) is 7.17. The lowest BCUT2D eigenvalue weighted by Crippen LogP contribution is -2.49. The molecule has 2 amide bonds. The maximum absolute atomic E-state index is 15.3. The minimum absolute atomic E-state index is 0.0216. The van der Waals surface area contributed by atoms with Crippen LogP contribution in [0.15, 0.2) is 47.4 Å². The Bertz CT molecular complexity index is 1630. The molecule has 1 heterocycles. The first-order valence-corrected chi connectivity index (χ1v) is 14.9. The van der Waals surface area contributed by atoms with Gasteiger partial charge in [-0.25, -0.2) is 8.78 Å². The van der Waals surface area contributed by atoms with Crippen LogP contribution in [-0.2, 0) is 9.59 Å². The van der Waals surface area contributed by atoms with Gasteiger partial charge in [0, 0.05) is 22.8 Å². The Morgan fingerprint density at radius 1 is 1.07 bits per heavy atom. The van der Waals surface area contributed by atoms with Crippen LogP contribution < -0.4 is 16.2 Å². The number of aromatic nitrogens is 1. The highest BCUT2D eigenvalue weighted by Gasteiger charge is 2.30. The second kappa shape index (κ2) is 13.7. The highest BCUT2D eigenvalue weighted by Crippen LogP contribution is 2.34. The molecule has 3 aromatic rings. The summed E-state index contributed by atoms with van der Waals surface area (Å²) in [7, 11) is 0. The molecular weight excluding hydrogens is 592 g/mol. The number of carboxylic acid groups (broad SMARTS) is 1. The number of hydrogen-bond acceptors (Lipinski definition) is 4. The quantitative estimate of drug-likeness (QED) is 0.232. The summed E-state index contributed by atoms with van der Waals surface area (Å²) in [6.07, 6.45) is 3.69. The second-order valence-corrected chi connectivity index (χ2v) is 12.2. The lowest BCUT2D eigenvalue weighted by Gasteiger charge is -2.28. The molecule has 0 aliphatic heterocycles. The number of aliphatic carboxylic acids is 1. The molecule has 8 nitrogen and oxygen atoms in total. The zero-order valence-electron chi connectivity index (χ0n) is 25.0. The molecule has 0 radical (unpaired) electrons. The van der Waals surface area contributed by atoms with Crippen LogP contribution in [0.2, 0.25) is 5.02 Å². The van der Waals surface area contributed by atoms with Crippen molar-refractivity contribution in [2.75, 3.05) is 0 Å². The third-order valence-electron chi connectivity index (χ3n) is 7.93. The van der Waals surface area contributed by atoms with Gasteiger partial charge in [0.25, 0.3) is 11.5 Å². The number of benzene rings is 2. The summed E-state index contributed by atoms with van der Waals surface area (Å²) in [4.78, 5) is 51.7. The van der Waals surface area contributed by atoms with Gasteiger partial charge in [-0.2, -0.15) is 0 Å². The van der Waals surface area contributed by atoms with Crippen molar-refractivity contribution in [2.24, 2.45) is 5.92 Å². The zero-order valence-corrected chi connectivity index (χ0v) is 25.8. The number of carboxylic acids is 1. The molecule has 1 aromatic heterocycles. The predicted molar refractivity (Wildman–Crippen MR) is 164 cm³/mol. The van der Waals surface area contributed by atoms with Crippen molar-refractivity contribution in [1.29, 1.82) is 0 Å². The van der Waals surface area contributed by atoms with Crippen molar-refractivity contribution in [1.82, 2.24) is 15.2 Å². The summed E-state index contributed by atoms with van der Waals surface area (Å²) < 4.78 is 31.8. The van der Waals surface area contributed by atoms with Crippen LogP contribution in [0.5, 0.6) is 0 Å². The average molecular weight is 628 g/mol. The molecule has 1 saturated carbocycles. The van der Waals surface area contributed by atoms with E-state index >= 15 is 8.78 Å². The van der Waals surface area contributed by atoms with Gasteiger partial charge in [0.05, 0.1) is 12.5 Å². The van der Waals surface area contributed by atoms with Crippen molar-refractivity contribution in [2.45, 2.75) is 77.9 Å². The first kappa shape index (κ1) is 32.9. The van der Waals surface area contributed by atoms with E-state index in [1.165, 1.54) is 16.7 Å². The Kier molecular flexibility index (Phi) is 10.2. The first-order valence-electron chi connectivity index (χ1n) is 14.6. The highest BCUT2D eigenvalue weighted by molar-refractivity contribution is 6.30. The standard InChI is InChI=1S/C33H36ClF2N3O5/c1-17(2)11-27(38-31(42)23-9-6-10-39(33(23)44)22-7-5-8-22)32(43)37-26(16-28(40)41)24-14-20(15-25(35)30(24)36)29-18(3)12-21(34)13-19(29)4/h6,9-10,12-15,17,22,26-27H,5,7-8,11,16H2,1-4H3,(H,37,43)(H,38,42)(H,40,41)/t26-,27+/m1/s1. The number of pyridine rings is 1. The minimum atomic E-state index is -1.47. The van der Waals surface area contributed by atoms with Gasteiger partial charge in [-0.3, -0.25) is 19.2 Å². The minimum Gasteiger partial charge on any atom is -0.481 e. The van der Waals surface area contributed by atoms with E-state index in [0.29, 0.717) is 21.7 Å². The zero-order chi connectivity index (χ0) is 32.3. The van der Waals surface area contributed by atoms with Crippen molar-refractivity contribution in [3.63, 3.8) is 0 Å². The molecule has 3 N–H and O–H groups in total. The van der Waals surface area contributed by atoms with Gasteiger partial charge in [-0.1, -0.05) is 25.4 Å². The fraction of sp³-hybridized carbons (Fsp3) is 0.394. The Hall–Kier alpha value is -4.05. The maximum Gasteiger partial charge on any atom is 0.305 e. The molecule has 234 valence electrons. The van der Waals surface area contributed by atoms with Gasteiger partial charge in [-0.05, 0) is 104 Å². The number of carbonyl (C=O) groups excluding carboxylic acids is 2. The molecule has 1 aliphatic carbocycles. The Labute approximate surface area is 259 Å². The number of nitrogens with zero attached hydrogens (tertiary/aromatic N) is 1. The number of amides is 2. The van der Waals surface area contributed by atoms with Gasteiger partial charge in [0.15, 0.2) is 11.6 Å². The molecule has 2 atom stereocenters. The topological polar surface area (TPSA) is 118 Å². The molecule has 2 aromatic carbocycles. The summed E-state index contributed by atoms with van der Waals surface area (Å²) >= 11 is 6.15. The predicted octanol–water partition coefficient (Wildman–Crippen LogP) is 6.27. The van der Waals surface area contributed by atoms with Crippen molar-refractivity contribution >= 4 is 29.4 Å². The van der Waals surface area contributed by atoms with Crippen molar-refractivity contribution in [3.8, 4) is 11.1 Å². The molecule has 1 fully saturated rings. The third-order valence-corrected chi connectivity index (χ3v) is 8.15. The maximum atomic E-state index is 15.3. The van der Waals surface area contributed by atoms with Gasteiger partial charge in [-0.15, -0.1) is 0 Å². The van der Waals surface area contributed by atoms with Gasteiger partial charge < -0.3 is 20.3 Å². The largest absolute Gasteiger partial charge is 0.481 e. The Balaban J connectivity index is 1.66. The van der Waals surface area contributed by atoms with E-state index < -0.39 is 53.5 Å². The van der Waals surface area contributed by atoms with Gasteiger partial charge in [0.1, 0.15) is 11.6 Å². The molecule has 11 heteroatoms. The lowest BCUT2D eigenvalue weighted by atomic mass is 9.91. The van der Waals surface area contributed by atoms with E-state index in [1.807, 2.05) is 13.8 Å². The van der Waals surface area contributed by atoms with E-state index in [9.17, 15) is 24.3 Å². The fourth-order valence-electron chi connectivity index (χ4n) is 5.63. The van der Waals surface area contributed by atoms with Crippen LogP contribution in [0.3, 0.4) is 0 Å². The molecule has 1 aliphatic rings. The number of nitrogens with one attached hydrogen (secondary N) is 2. The van der Waals surface area contributed by atoms with Gasteiger partial charge >= 0.3 is 5.97 Å². The van der Waals surface area contributed by atoms with E-state index in [4.69, 9.17) is 11.6 Å². The molecule has 0 saturated heterocycles. The normalized spacial score (nSPS) is 14.5. The van der Waals surface area contributed by atoms with Crippen molar-refractivity contribution in [3.05, 3.63) is 91.9 Å². The number of aryl methyl sites for hydroxylation is 2. The van der Waals surface area contributed by atoms with Crippen LogP contribution in [0.25, 0.3) is 11.1 Å². The molecule has 0 bridgehead atoms. The highest BCUT2D eigenvalue weighted by atomic mass is 35.5. The SMILES string of the molecule is Cc1cc(Cl)cc(C)c1-c1cc(F)c(F)c([C@@H](CC(=O)O)NC(=O)[C@H](CC(C)C)NC(=O)c2cccn(C3CCC3)c2=O)c1. The van der Waals surface area contributed by atoms with E-state index in [-0.39, 0.29) is 35.1 Å².